The summed E-state index contributed by atoms with van der Waals surface area (Å²) >= 11 is 0. The van der Waals surface area contributed by atoms with Crippen LogP contribution < -0.4 is 0 Å². The Labute approximate surface area is 600 Å². The Hall–Kier alpha value is -1.94. The van der Waals surface area contributed by atoms with E-state index in [0.29, 0.717) is 31.6 Å². The molecule has 0 bridgehead atoms. The number of esters is 4. The van der Waals surface area contributed by atoms with Crippen LogP contribution in [0.1, 0.15) is 420 Å². The molecule has 0 aromatic heterocycles. The lowest BCUT2D eigenvalue weighted by molar-refractivity contribution is -0.161. The van der Waals surface area contributed by atoms with Gasteiger partial charge in [0.05, 0.1) is 26.4 Å². The molecule has 0 rings (SSSR count). The number of hydrogen-bond acceptors (Lipinski definition) is 15. The number of phosphoric acid groups is 2. The van der Waals surface area contributed by atoms with Gasteiger partial charge in [-0.3, -0.25) is 37.3 Å². The van der Waals surface area contributed by atoms with Gasteiger partial charge in [-0.1, -0.05) is 369 Å². The highest BCUT2D eigenvalue weighted by molar-refractivity contribution is 7.47. The fraction of sp³-hybridized carbons (Fsp3) is 0.949. The van der Waals surface area contributed by atoms with E-state index in [-0.39, 0.29) is 25.7 Å². The molecule has 0 aromatic carbocycles. The Morgan fingerprint density at radius 2 is 0.469 bits per heavy atom. The van der Waals surface area contributed by atoms with E-state index in [2.05, 4.69) is 34.6 Å². The summed E-state index contributed by atoms with van der Waals surface area (Å²) in [4.78, 5) is 72.9. The van der Waals surface area contributed by atoms with Crippen molar-refractivity contribution in [2.24, 2.45) is 5.92 Å². The maximum Gasteiger partial charge on any atom is 0.472 e. The lowest BCUT2D eigenvalue weighted by Gasteiger charge is -2.21. The normalized spacial score (nSPS) is 13.9. The topological polar surface area (TPSA) is 237 Å². The molecule has 582 valence electrons. The van der Waals surface area contributed by atoms with E-state index in [4.69, 9.17) is 37.0 Å². The lowest BCUT2D eigenvalue weighted by Crippen LogP contribution is -2.30. The van der Waals surface area contributed by atoms with E-state index in [0.717, 1.165) is 96.3 Å². The van der Waals surface area contributed by atoms with Gasteiger partial charge >= 0.3 is 39.5 Å². The van der Waals surface area contributed by atoms with Gasteiger partial charge in [0.2, 0.25) is 0 Å². The summed E-state index contributed by atoms with van der Waals surface area (Å²) in [6.07, 6.45) is 62.5. The molecule has 0 amide bonds. The van der Waals surface area contributed by atoms with Crippen molar-refractivity contribution in [3.8, 4) is 0 Å². The number of unbranched alkanes of at least 4 members (excludes halogenated alkanes) is 51. The van der Waals surface area contributed by atoms with Crippen molar-refractivity contribution in [1.29, 1.82) is 0 Å². The van der Waals surface area contributed by atoms with Crippen LogP contribution in [0, 0.1) is 5.92 Å². The molecule has 0 fully saturated rings. The summed E-state index contributed by atoms with van der Waals surface area (Å²) < 4.78 is 68.6. The number of hydrogen-bond donors (Lipinski definition) is 3. The maximum absolute atomic E-state index is 13.1. The molecule has 0 aliphatic rings. The fourth-order valence-corrected chi connectivity index (χ4v) is 13.8. The Morgan fingerprint density at radius 3 is 0.694 bits per heavy atom. The highest BCUT2D eigenvalue weighted by Gasteiger charge is 2.30. The zero-order valence-electron chi connectivity index (χ0n) is 63.9. The van der Waals surface area contributed by atoms with Gasteiger partial charge in [-0.05, 0) is 31.6 Å². The first-order valence-electron chi connectivity index (χ1n) is 41.1. The Morgan fingerprint density at radius 1 is 0.276 bits per heavy atom. The highest BCUT2D eigenvalue weighted by atomic mass is 31.2. The van der Waals surface area contributed by atoms with Crippen molar-refractivity contribution in [2.45, 2.75) is 438 Å². The number of ether oxygens (including phenoxy) is 4. The monoisotopic (exact) mass is 1440 g/mol. The molecule has 0 aliphatic heterocycles. The van der Waals surface area contributed by atoms with Gasteiger partial charge in [0.1, 0.15) is 19.3 Å². The van der Waals surface area contributed by atoms with Crippen LogP contribution >= 0.6 is 15.6 Å². The van der Waals surface area contributed by atoms with E-state index in [1.165, 1.54) is 238 Å². The molecule has 3 N–H and O–H groups in total. The average molecular weight is 1440 g/mol. The summed E-state index contributed by atoms with van der Waals surface area (Å²) in [5.41, 5.74) is 0. The second-order valence-corrected chi connectivity index (χ2v) is 31.8. The molecule has 0 aliphatic carbocycles. The number of carbonyl (C=O) groups is 4. The molecular weight excluding hydrogens is 1280 g/mol. The van der Waals surface area contributed by atoms with Crippen molar-refractivity contribution in [3.63, 3.8) is 0 Å². The van der Waals surface area contributed by atoms with Gasteiger partial charge in [0.25, 0.3) is 0 Å². The van der Waals surface area contributed by atoms with Gasteiger partial charge in [0.15, 0.2) is 12.2 Å². The summed E-state index contributed by atoms with van der Waals surface area (Å²) in [6, 6.07) is 0. The van der Waals surface area contributed by atoms with E-state index in [1.807, 2.05) is 0 Å². The molecule has 2 unspecified atom stereocenters. The number of phosphoric ester groups is 2. The molecule has 17 nitrogen and oxygen atoms in total. The van der Waals surface area contributed by atoms with Crippen LogP contribution in [0.5, 0.6) is 0 Å². The van der Waals surface area contributed by atoms with Crippen molar-refractivity contribution < 1.29 is 80.2 Å². The molecule has 0 heterocycles. The van der Waals surface area contributed by atoms with Gasteiger partial charge in [-0.2, -0.15) is 0 Å². The molecule has 98 heavy (non-hydrogen) atoms. The standard InChI is InChI=1S/C79H154O17P2/c1-6-9-12-15-18-21-24-27-29-30-31-32-33-34-35-38-41-44-49-55-60-65-79(84)95-74(68-89-76(81)62-57-52-47-42-39-37-28-25-22-19-16-13-10-7-2)70-93-97(85,86)91-66-73(80)67-92-98(87,88)94-71-75(69-90-77(82)63-58-53-50-45-46-51-56-61-72(4)5)96-78(83)64-59-54-48-43-40-36-26-23-20-17-14-11-8-3/h72-75,80H,6-71H2,1-5H3,(H,85,86)(H,87,88)/t73-,74-,75-/m1/s1. The number of aliphatic hydroxyl groups excluding tert-OH is 1. The minimum absolute atomic E-state index is 0.107. The molecule has 19 heteroatoms. The van der Waals surface area contributed by atoms with Crippen LogP contribution in [0.3, 0.4) is 0 Å². The molecule has 0 aromatic rings. The fourth-order valence-electron chi connectivity index (χ4n) is 12.2. The van der Waals surface area contributed by atoms with Gasteiger partial charge in [-0.15, -0.1) is 0 Å². The van der Waals surface area contributed by atoms with E-state index < -0.39 is 97.5 Å². The van der Waals surface area contributed by atoms with Gasteiger partial charge < -0.3 is 33.8 Å². The first-order chi connectivity index (χ1) is 47.5. The summed E-state index contributed by atoms with van der Waals surface area (Å²) in [5, 5.41) is 10.6. The Balaban J connectivity index is 5.21. The molecular formula is C79H154O17P2. The molecule has 0 saturated carbocycles. The first kappa shape index (κ1) is 96.1. The average Bonchev–Trinajstić information content (AvgIpc) is 1.12. The quantitative estimate of drug-likeness (QED) is 0.0222. The second kappa shape index (κ2) is 72.0. The molecule has 5 atom stereocenters. The number of aliphatic hydroxyl groups is 1. The molecule has 0 saturated heterocycles. The molecule has 0 radical (unpaired) electrons. The highest BCUT2D eigenvalue weighted by Crippen LogP contribution is 2.45. The minimum atomic E-state index is -4.96. The van der Waals surface area contributed by atoms with Gasteiger partial charge in [0, 0.05) is 25.7 Å². The summed E-state index contributed by atoms with van der Waals surface area (Å²) in [7, 11) is -9.91. The van der Waals surface area contributed by atoms with Crippen LogP contribution in [0.25, 0.3) is 0 Å². The largest absolute Gasteiger partial charge is 0.472 e. The van der Waals surface area contributed by atoms with Crippen molar-refractivity contribution in [2.75, 3.05) is 39.6 Å². The van der Waals surface area contributed by atoms with Gasteiger partial charge in [-0.25, -0.2) is 9.13 Å². The zero-order chi connectivity index (χ0) is 71.9. The maximum atomic E-state index is 13.1. The zero-order valence-corrected chi connectivity index (χ0v) is 65.7. The first-order valence-corrected chi connectivity index (χ1v) is 44.1. The lowest BCUT2D eigenvalue weighted by atomic mass is 10.0. The third kappa shape index (κ3) is 72.4. The number of rotatable bonds is 79. The SMILES string of the molecule is CCCCCCCCCCCCCCCCCCCCCCCC(=O)O[C@H](COC(=O)CCCCCCCCCCCCCCCC)COP(=O)(O)OC[C@@H](O)COP(=O)(O)OC[C@@H](COC(=O)CCCCCCCCCC(C)C)OC(=O)CCCCCCCCCCCCCCC. The predicted octanol–water partition coefficient (Wildman–Crippen LogP) is 23.6. The second-order valence-electron chi connectivity index (χ2n) is 28.9. The summed E-state index contributed by atoms with van der Waals surface area (Å²) in [6.45, 7) is 7.26. The number of carbonyl (C=O) groups excluding carboxylic acids is 4. The van der Waals surface area contributed by atoms with E-state index in [9.17, 15) is 43.2 Å². The van der Waals surface area contributed by atoms with Crippen LogP contribution in [0.4, 0.5) is 0 Å². The third-order valence-corrected chi connectivity index (χ3v) is 20.4. The van der Waals surface area contributed by atoms with Crippen LogP contribution in [-0.2, 0) is 65.4 Å². The van der Waals surface area contributed by atoms with Crippen LogP contribution in [0.15, 0.2) is 0 Å². The molecule has 0 spiro atoms. The van der Waals surface area contributed by atoms with Crippen LogP contribution in [0.2, 0.25) is 0 Å². The van der Waals surface area contributed by atoms with Crippen LogP contribution in [-0.4, -0.2) is 96.7 Å². The van der Waals surface area contributed by atoms with E-state index >= 15 is 0 Å². The summed E-state index contributed by atoms with van der Waals surface area (Å²) in [5.74, 6) is -1.40. The van der Waals surface area contributed by atoms with Crippen molar-refractivity contribution in [3.05, 3.63) is 0 Å². The third-order valence-electron chi connectivity index (χ3n) is 18.5. The predicted molar refractivity (Wildman–Crippen MR) is 400 cm³/mol. The van der Waals surface area contributed by atoms with Crippen molar-refractivity contribution >= 4 is 39.5 Å². The van der Waals surface area contributed by atoms with E-state index in [1.54, 1.807) is 0 Å². The Kier molecular flexibility index (Phi) is 70.6. The smallest absolute Gasteiger partial charge is 0.462 e. The van der Waals surface area contributed by atoms with Crippen molar-refractivity contribution in [1.82, 2.24) is 0 Å². The minimum Gasteiger partial charge on any atom is -0.462 e. The Bertz CT molecular complexity index is 1870.